The van der Waals surface area contributed by atoms with Gasteiger partial charge in [0, 0.05) is 6.07 Å². The number of aromatic nitrogens is 2. The van der Waals surface area contributed by atoms with E-state index >= 15 is 0 Å². The fourth-order valence-electron chi connectivity index (χ4n) is 2.82. The van der Waals surface area contributed by atoms with Crippen molar-refractivity contribution in [2.24, 2.45) is 0 Å². The van der Waals surface area contributed by atoms with Crippen LogP contribution in [0.5, 0.6) is 5.75 Å². The van der Waals surface area contributed by atoms with Crippen LogP contribution >= 0.6 is 0 Å². The molecule has 0 saturated carbocycles. The molecular formula is C18H15F3N2O3. The first-order chi connectivity index (χ1) is 12.3. The Kier molecular flexibility index (Phi) is 4.35. The van der Waals surface area contributed by atoms with E-state index in [2.05, 4.69) is 4.98 Å². The Bertz CT molecular complexity index is 993. The summed E-state index contributed by atoms with van der Waals surface area (Å²) in [4.78, 5) is 15.6. The van der Waals surface area contributed by atoms with Crippen LogP contribution in [0, 0.1) is 6.92 Å². The van der Waals surface area contributed by atoms with E-state index in [0.29, 0.717) is 11.3 Å². The molecule has 0 aliphatic rings. The Morgan fingerprint density at radius 1 is 1.15 bits per heavy atom. The molecule has 0 spiro atoms. The maximum Gasteiger partial charge on any atom is 0.450 e. The Labute approximate surface area is 147 Å². The number of benzene rings is 2. The van der Waals surface area contributed by atoms with Gasteiger partial charge in [-0.3, -0.25) is 4.57 Å². The van der Waals surface area contributed by atoms with E-state index in [-0.39, 0.29) is 22.3 Å². The summed E-state index contributed by atoms with van der Waals surface area (Å²) >= 11 is 0. The molecule has 136 valence electrons. The normalized spacial score (nSPS) is 11.6. The molecule has 0 N–H and O–H groups in total. The number of rotatable bonds is 3. The standard InChI is InChI=1S/C18H15F3N2O3/c1-10-12(16(24)26-3)5-4-6-14(10)23-15-8-7-11(25-2)9-13(15)22-17(23)18(19,20)21/h4-9H,1-3H3. The molecule has 1 heterocycles. The molecule has 0 amide bonds. The van der Waals surface area contributed by atoms with Gasteiger partial charge in [-0.15, -0.1) is 0 Å². The van der Waals surface area contributed by atoms with Crippen molar-refractivity contribution in [3.05, 3.63) is 53.3 Å². The second-order valence-corrected chi connectivity index (χ2v) is 5.56. The van der Waals surface area contributed by atoms with E-state index < -0.39 is 18.0 Å². The first kappa shape index (κ1) is 17.8. The smallest absolute Gasteiger partial charge is 0.450 e. The number of halogens is 3. The van der Waals surface area contributed by atoms with Gasteiger partial charge in [0.2, 0.25) is 5.82 Å². The number of hydrogen-bond donors (Lipinski definition) is 0. The van der Waals surface area contributed by atoms with Crippen LogP contribution in [-0.4, -0.2) is 29.7 Å². The van der Waals surface area contributed by atoms with Crippen molar-refractivity contribution in [3.63, 3.8) is 0 Å². The van der Waals surface area contributed by atoms with Gasteiger partial charge >= 0.3 is 12.1 Å². The molecule has 3 aromatic rings. The fraction of sp³-hybridized carbons (Fsp3) is 0.222. The van der Waals surface area contributed by atoms with Gasteiger partial charge in [-0.05, 0) is 36.8 Å². The summed E-state index contributed by atoms with van der Waals surface area (Å²) in [7, 11) is 2.64. The topological polar surface area (TPSA) is 53.4 Å². The van der Waals surface area contributed by atoms with Crippen molar-refractivity contribution < 1.29 is 27.4 Å². The lowest BCUT2D eigenvalue weighted by Crippen LogP contribution is -2.15. The molecule has 0 aliphatic heterocycles. The van der Waals surface area contributed by atoms with Crippen LogP contribution in [0.4, 0.5) is 13.2 Å². The third kappa shape index (κ3) is 2.87. The van der Waals surface area contributed by atoms with Crippen LogP contribution in [0.25, 0.3) is 16.7 Å². The van der Waals surface area contributed by atoms with Crippen molar-refractivity contribution in [1.82, 2.24) is 9.55 Å². The van der Waals surface area contributed by atoms with Gasteiger partial charge in [-0.1, -0.05) is 6.07 Å². The van der Waals surface area contributed by atoms with E-state index in [0.717, 1.165) is 4.57 Å². The first-order valence-corrected chi connectivity index (χ1v) is 7.60. The van der Waals surface area contributed by atoms with Gasteiger partial charge in [-0.2, -0.15) is 13.2 Å². The molecule has 0 saturated heterocycles. The highest BCUT2D eigenvalue weighted by Gasteiger charge is 2.38. The van der Waals surface area contributed by atoms with Crippen LogP contribution < -0.4 is 4.74 Å². The lowest BCUT2D eigenvalue weighted by atomic mass is 10.1. The number of carbonyl (C=O) groups is 1. The Morgan fingerprint density at radius 3 is 2.50 bits per heavy atom. The predicted octanol–water partition coefficient (Wildman–Crippen LogP) is 4.15. The molecule has 0 bridgehead atoms. The number of alkyl halides is 3. The van der Waals surface area contributed by atoms with Gasteiger partial charge in [0.05, 0.1) is 36.5 Å². The van der Waals surface area contributed by atoms with Gasteiger partial charge in [-0.25, -0.2) is 9.78 Å². The van der Waals surface area contributed by atoms with E-state index in [1.165, 1.54) is 44.6 Å². The SMILES string of the molecule is COC(=O)c1cccc(-n2c(C(F)(F)F)nc3cc(OC)ccc32)c1C. The molecule has 0 radical (unpaired) electrons. The van der Waals surface area contributed by atoms with Gasteiger partial charge in [0.1, 0.15) is 5.75 Å². The molecule has 0 unspecified atom stereocenters. The minimum Gasteiger partial charge on any atom is -0.497 e. The Hall–Kier alpha value is -3.03. The maximum absolute atomic E-state index is 13.6. The number of esters is 1. The zero-order valence-corrected chi connectivity index (χ0v) is 14.2. The summed E-state index contributed by atoms with van der Waals surface area (Å²) in [5.41, 5.74) is 1.14. The largest absolute Gasteiger partial charge is 0.497 e. The van der Waals surface area contributed by atoms with Crippen LogP contribution in [0.15, 0.2) is 36.4 Å². The highest BCUT2D eigenvalue weighted by Crippen LogP contribution is 2.36. The second kappa shape index (κ2) is 6.36. The van der Waals surface area contributed by atoms with E-state index in [1.54, 1.807) is 13.0 Å². The summed E-state index contributed by atoms with van der Waals surface area (Å²) in [5, 5.41) is 0. The molecule has 0 fully saturated rings. The molecule has 26 heavy (non-hydrogen) atoms. The number of ether oxygens (including phenoxy) is 2. The summed E-state index contributed by atoms with van der Waals surface area (Å²) < 4.78 is 51.6. The Balaban J connectivity index is 2.36. The highest BCUT2D eigenvalue weighted by atomic mass is 19.4. The summed E-state index contributed by atoms with van der Waals surface area (Å²) in [6.07, 6.45) is -4.68. The molecule has 2 aromatic carbocycles. The zero-order chi connectivity index (χ0) is 19.1. The quantitative estimate of drug-likeness (QED) is 0.655. The number of carbonyl (C=O) groups excluding carboxylic acids is 1. The van der Waals surface area contributed by atoms with Gasteiger partial charge in [0.25, 0.3) is 0 Å². The number of nitrogens with zero attached hydrogens (tertiary/aromatic N) is 2. The second-order valence-electron chi connectivity index (χ2n) is 5.56. The van der Waals surface area contributed by atoms with E-state index in [4.69, 9.17) is 9.47 Å². The average Bonchev–Trinajstić information content (AvgIpc) is 3.00. The lowest BCUT2D eigenvalue weighted by molar-refractivity contribution is -0.145. The monoisotopic (exact) mass is 364 g/mol. The molecule has 3 rings (SSSR count). The van der Waals surface area contributed by atoms with Crippen LogP contribution in [-0.2, 0) is 10.9 Å². The van der Waals surface area contributed by atoms with Crippen molar-refractivity contribution >= 4 is 17.0 Å². The zero-order valence-electron chi connectivity index (χ0n) is 14.2. The number of methoxy groups -OCH3 is 2. The Morgan fingerprint density at radius 2 is 1.88 bits per heavy atom. The number of imidazole rings is 1. The molecule has 5 nitrogen and oxygen atoms in total. The van der Waals surface area contributed by atoms with E-state index in [9.17, 15) is 18.0 Å². The maximum atomic E-state index is 13.6. The molecule has 0 atom stereocenters. The number of fused-ring (bicyclic) bond motifs is 1. The van der Waals surface area contributed by atoms with Gasteiger partial charge in [0.15, 0.2) is 0 Å². The predicted molar refractivity (Wildman–Crippen MR) is 88.7 cm³/mol. The third-order valence-electron chi connectivity index (χ3n) is 4.07. The molecule has 8 heteroatoms. The minimum absolute atomic E-state index is 0.138. The average molecular weight is 364 g/mol. The van der Waals surface area contributed by atoms with E-state index in [1.807, 2.05) is 0 Å². The summed E-state index contributed by atoms with van der Waals surface area (Å²) in [5.74, 6) is -1.30. The van der Waals surface area contributed by atoms with Crippen molar-refractivity contribution in [3.8, 4) is 11.4 Å². The molecule has 1 aromatic heterocycles. The summed E-state index contributed by atoms with van der Waals surface area (Å²) in [6, 6.07) is 8.99. The molecule has 0 aliphatic carbocycles. The van der Waals surface area contributed by atoms with Crippen molar-refractivity contribution in [1.29, 1.82) is 0 Å². The minimum atomic E-state index is -4.68. The number of hydrogen-bond acceptors (Lipinski definition) is 4. The van der Waals surface area contributed by atoms with Gasteiger partial charge < -0.3 is 9.47 Å². The van der Waals surface area contributed by atoms with Crippen LogP contribution in [0.1, 0.15) is 21.7 Å². The summed E-state index contributed by atoms with van der Waals surface area (Å²) in [6.45, 7) is 1.57. The van der Waals surface area contributed by atoms with Crippen molar-refractivity contribution in [2.75, 3.05) is 14.2 Å². The lowest BCUT2D eigenvalue weighted by Gasteiger charge is -2.15. The van der Waals surface area contributed by atoms with Crippen LogP contribution in [0.3, 0.4) is 0 Å². The van der Waals surface area contributed by atoms with Crippen molar-refractivity contribution in [2.45, 2.75) is 13.1 Å². The first-order valence-electron chi connectivity index (χ1n) is 7.60. The fourth-order valence-corrected chi connectivity index (χ4v) is 2.82. The third-order valence-corrected chi connectivity index (χ3v) is 4.07. The highest BCUT2D eigenvalue weighted by molar-refractivity contribution is 5.92. The van der Waals surface area contributed by atoms with Crippen LogP contribution in [0.2, 0.25) is 0 Å². The molecular weight excluding hydrogens is 349 g/mol.